The molecule has 0 saturated heterocycles. The molecule has 2 amide bonds. The van der Waals surface area contributed by atoms with Gasteiger partial charge in [0.1, 0.15) is 12.3 Å². The second kappa shape index (κ2) is 8.32. The van der Waals surface area contributed by atoms with Gasteiger partial charge in [0.2, 0.25) is 15.9 Å². The fourth-order valence-electron chi connectivity index (χ4n) is 3.05. The molecule has 1 aliphatic heterocycles. The first-order valence-corrected chi connectivity index (χ1v) is 10.7. The number of nitrogens with two attached hydrogens (primary N) is 1. The topological polar surface area (TPSA) is 162 Å². The van der Waals surface area contributed by atoms with Crippen molar-refractivity contribution in [2.75, 3.05) is 16.8 Å². The van der Waals surface area contributed by atoms with E-state index < -0.39 is 39.4 Å². The summed E-state index contributed by atoms with van der Waals surface area (Å²) in [7, 11) is -3.87. The fourth-order valence-corrected chi connectivity index (χ4v) is 3.56. The number of non-ortho nitro benzene ring substituents is 1. The molecule has 12 heteroatoms. The highest BCUT2D eigenvalue weighted by Crippen LogP contribution is 2.38. The minimum Gasteiger partial charge on any atom is -0.478 e. The van der Waals surface area contributed by atoms with Gasteiger partial charge in [-0.05, 0) is 36.2 Å². The summed E-state index contributed by atoms with van der Waals surface area (Å²) in [5, 5.41) is 18.7. The van der Waals surface area contributed by atoms with Gasteiger partial charge in [0, 0.05) is 17.8 Å². The van der Waals surface area contributed by atoms with Crippen molar-refractivity contribution in [2.24, 2.45) is 11.1 Å². The number of anilines is 2. The molecule has 0 aliphatic carbocycles. The fraction of sp³-hybridized carbons (Fsp3) is 0.263. The summed E-state index contributed by atoms with van der Waals surface area (Å²) < 4.78 is 28.4. The highest BCUT2D eigenvalue weighted by atomic mass is 32.2. The van der Waals surface area contributed by atoms with Crippen LogP contribution in [0.4, 0.5) is 17.1 Å². The van der Waals surface area contributed by atoms with E-state index in [1.807, 2.05) is 0 Å². The molecule has 1 aliphatic rings. The van der Waals surface area contributed by atoms with Crippen LogP contribution in [-0.2, 0) is 19.6 Å². The summed E-state index contributed by atoms with van der Waals surface area (Å²) in [6.07, 6.45) is -0.851. The van der Waals surface area contributed by atoms with E-state index in [0.717, 1.165) is 4.90 Å². The number of rotatable bonds is 6. The lowest BCUT2D eigenvalue weighted by molar-refractivity contribution is -0.384. The van der Waals surface area contributed by atoms with E-state index in [-0.39, 0.29) is 33.6 Å². The van der Waals surface area contributed by atoms with Crippen LogP contribution in [0.2, 0.25) is 0 Å². The highest BCUT2D eigenvalue weighted by Gasteiger charge is 2.38. The summed E-state index contributed by atoms with van der Waals surface area (Å²) in [5.41, 5.74) is 0.163. The molecular formula is C19H20N4O7S. The Morgan fingerprint density at radius 3 is 2.45 bits per heavy atom. The molecule has 2 aromatic carbocycles. The van der Waals surface area contributed by atoms with Gasteiger partial charge in [-0.2, -0.15) is 0 Å². The zero-order chi connectivity index (χ0) is 22.9. The number of primary sulfonamides is 1. The van der Waals surface area contributed by atoms with Crippen molar-refractivity contribution in [3.05, 3.63) is 52.6 Å². The van der Waals surface area contributed by atoms with Crippen molar-refractivity contribution in [3.8, 4) is 5.75 Å². The summed E-state index contributed by atoms with van der Waals surface area (Å²) in [4.78, 5) is 37.1. The van der Waals surface area contributed by atoms with Crippen LogP contribution in [-0.4, -0.2) is 37.8 Å². The average molecular weight is 448 g/mol. The predicted molar refractivity (Wildman–Crippen MR) is 111 cm³/mol. The molecule has 0 bridgehead atoms. The third-order valence-corrected chi connectivity index (χ3v) is 5.51. The minimum absolute atomic E-state index is 0.116. The molecule has 3 rings (SSSR count). The van der Waals surface area contributed by atoms with E-state index in [0.29, 0.717) is 0 Å². The van der Waals surface area contributed by atoms with Crippen LogP contribution < -0.4 is 20.1 Å². The minimum atomic E-state index is -3.87. The van der Waals surface area contributed by atoms with Gasteiger partial charge in [-0.1, -0.05) is 13.8 Å². The van der Waals surface area contributed by atoms with Gasteiger partial charge in [0.25, 0.3) is 11.6 Å². The molecule has 0 aromatic heterocycles. The number of nitro benzene ring substituents is 1. The van der Waals surface area contributed by atoms with E-state index in [4.69, 9.17) is 9.88 Å². The van der Waals surface area contributed by atoms with E-state index >= 15 is 0 Å². The maximum atomic E-state index is 12.9. The summed E-state index contributed by atoms with van der Waals surface area (Å²) in [5.74, 6) is -1.03. The first-order valence-electron chi connectivity index (χ1n) is 9.16. The number of amides is 2. The van der Waals surface area contributed by atoms with Crippen molar-refractivity contribution in [3.63, 3.8) is 0 Å². The molecule has 0 fully saturated rings. The van der Waals surface area contributed by atoms with Crippen molar-refractivity contribution in [2.45, 2.75) is 24.8 Å². The second-order valence-corrected chi connectivity index (χ2v) is 8.79. The Labute approximate surface area is 178 Å². The molecule has 164 valence electrons. The molecule has 3 N–H and O–H groups in total. The largest absolute Gasteiger partial charge is 0.478 e. The molecule has 2 aromatic rings. The summed E-state index contributed by atoms with van der Waals surface area (Å²) >= 11 is 0. The number of sulfonamides is 1. The molecule has 1 unspecified atom stereocenters. The Bertz CT molecular complexity index is 1150. The number of benzene rings is 2. The average Bonchev–Trinajstić information content (AvgIpc) is 2.69. The summed E-state index contributed by atoms with van der Waals surface area (Å²) in [6.45, 7) is 3.14. The maximum absolute atomic E-state index is 12.9. The van der Waals surface area contributed by atoms with Crippen LogP contribution in [0, 0.1) is 16.0 Å². The van der Waals surface area contributed by atoms with Crippen molar-refractivity contribution >= 4 is 38.9 Å². The monoisotopic (exact) mass is 448 g/mol. The Hall–Kier alpha value is -3.51. The summed E-state index contributed by atoms with van der Waals surface area (Å²) in [6, 6.07) is 9.01. The van der Waals surface area contributed by atoms with Crippen molar-refractivity contribution in [1.29, 1.82) is 0 Å². The smallest absolute Gasteiger partial charge is 0.271 e. The number of nitrogens with zero attached hydrogens (tertiary/aromatic N) is 2. The molecule has 1 heterocycles. The van der Waals surface area contributed by atoms with Gasteiger partial charge in [-0.15, -0.1) is 0 Å². The lowest BCUT2D eigenvalue weighted by atomic mass is 10.0. The SMILES string of the molecule is CC(C)C1Oc2ccc([N+](=O)[O-])cc2N(CC(=O)Nc2ccc(S(N)(=O)=O)cc2)C1=O. The third-order valence-electron chi connectivity index (χ3n) is 4.58. The number of carbonyl (C=O) groups excluding carboxylic acids is 2. The zero-order valence-electron chi connectivity index (χ0n) is 16.6. The van der Waals surface area contributed by atoms with Gasteiger partial charge in [0.15, 0.2) is 6.10 Å². The number of hydrogen-bond acceptors (Lipinski definition) is 7. The second-order valence-electron chi connectivity index (χ2n) is 7.23. The first-order chi connectivity index (χ1) is 14.5. The van der Waals surface area contributed by atoms with Crippen LogP contribution in [0.15, 0.2) is 47.4 Å². The molecule has 31 heavy (non-hydrogen) atoms. The number of ether oxygens (including phenoxy) is 1. The number of nitrogens with one attached hydrogen (secondary N) is 1. The Morgan fingerprint density at radius 2 is 1.90 bits per heavy atom. The lowest BCUT2D eigenvalue weighted by Crippen LogP contribution is -2.50. The van der Waals surface area contributed by atoms with Gasteiger partial charge in [-0.25, -0.2) is 13.6 Å². The van der Waals surface area contributed by atoms with E-state index in [1.54, 1.807) is 13.8 Å². The van der Waals surface area contributed by atoms with Crippen molar-refractivity contribution in [1.82, 2.24) is 0 Å². The third kappa shape index (κ3) is 4.81. The Balaban J connectivity index is 1.86. The first kappa shape index (κ1) is 22.2. The van der Waals surface area contributed by atoms with Crippen LogP contribution in [0.3, 0.4) is 0 Å². The molecule has 0 spiro atoms. The van der Waals surface area contributed by atoms with Crippen molar-refractivity contribution < 1.29 is 27.7 Å². The lowest BCUT2D eigenvalue weighted by Gasteiger charge is -2.35. The standard InChI is InChI=1S/C19H20N4O7S/c1-11(2)18-19(25)22(15-9-13(23(26)27)5-8-16(15)30-18)10-17(24)21-12-3-6-14(7-4-12)31(20,28)29/h3-9,11,18H,10H2,1-2H3,(H,21,24)(H2,20,28,29). The number of carbonyl (C=O) groups is 2. The number of fused-ring (bicyclic) bond motifs is 1. The maximum Gasteiger partial charge on any atom is 0.271 e. The van der Waals surface area contributed by atoms with E-state index in [1.165, 1.54) is 42.5 Å². The van der Waals surface area contributed by atoms with E-state index in [2.05, 4.69) is 5.32 Å². The van der Waals surface area contributed by atoms with Gasteiger partial charge < -0.3 is 10.1 Å². The van der Waals surface area contributed by atoms with Gasteiger partial charge >= 0.3 is 0 Å². The normalized spacial score (nSPS) is 15.9. The van der Waals surface area contributed by atoms with Gasteiger partial charge in [-0.3, -0.25) is 24.6 Å². The predicted octanol–water partition coefficient (Wildman–Crippen LogP) is 1.63. The van der Waals surface area contributed by atoms with Gasteiger partial charge in [0.05, 0.1) is 15.5 Å². The Morgan fingerprint density at radius 1 is 1.26 bits per heavy atom. The van der Waals surface area contributed by atoms with E-state index in [9.17, 15) is 28.1 Å². The molecule has 0 radical (unpaired) electrons. The number of nitro groups is 1. The van der Waals surface area contributed by atoms with Crippen LogP contribution in [0.1, 0.15) is 13.8 Å². The molecule has 0 saturated carbocycles. The molecule has 11 nitrogen and oxygen atoms in total. The number of hydrogen-bond donors (Lipinski definition) is 2. The molecular weight excluding hydrogens is 428 g/mol. The Kier molecular flexibility index (Phi) is 5.95. The zero-order valence-corrected chi connectivity index (χ0v) is 17.5. The van der Waals surface area contributed by atoms with Crippen LogP contribution in [0.5, 0.6) is 5.75 Å². The van der Waals surface area contributed by atoms with Crippen LogP contribution >= 0.6 is 0 Å². The quantitative estimate of drug-likeness (QED) is 0.501. The van der Waals surface area contributed by atoms with Crippen LogP contribution in [0.25, 0.3) is 0 Å². The molecule has 1 atom stereocenters. The highest BCUT2D eigenvalue weighted by molar-refractivity contribution is 7.89.